The Morgan fingerprint density at radius 3 is 2.60 bits per heavy atom. The number of amides is 1. The normalized spacial score (nSPS) is 18.8. The third-order valence-corrected chi connectivity index (χ3v) is 3.57. The Balaban J connectivity index is 2.01. The van der Waals surface area contributed by atoms with Gasteiger partial charge in [-0.25, -0.2) is 4.79 Å². The monoisotopic (exact) mass is 293 g/mol. The van der Waals surface area contributed by atoms with Gasteiger partial charge in [0.05, 0.1) is 0 Å². The average Bonchev–Trinajstić information content (AvgIpc) is 2.90. The number of hydrogen-bond donors (Lipinski definition) is 2. The van der Waals surface area contributed by atoms with E-state index in [-0.39, 0.29) is 11.8 Å². The SMILES string of the molecule is O=C(CC1C=CCC1)NC(C(=O)O)c1ccc(Cl)cc1. The second-order valence-corrected chi connectivity index (χ2v) is 5.30. The lowest BCUT2D eigenvalue weighted by molar-refractivity contribution is -0.142. The molecule has 4 nitrogen and oxygen atoms in total. The topological polar surface area (TPSA) is 66.4 Å². The number of carboxylic acid groups (broad SMARTS) is 1. The van der Waals surface area contributed by atoms with Crippen molar-refractivity contribution in [2.45, 2.75) is 25.3 Å². The van der Waals surface area contributed by atoms with Gasteiger partial charge in [-0.2, -0.15) is 0 Å². The summed E-state index contributed by atoms with van der Waals surface area (Å²) >= 11 is 5.77. The summed E-state index contributed by atoms with van der Waals surface area (Å²) in [5, 5.41) is 12.3. The molecule has 0 fully saturated rings. The number of carbonyl (C=O) groups excluding carboxylic acids is 1. The van der Waals surface area contributed by atoms with Crippen LogP contribution in [0.5, 0.6) is 0 Å². The zero-order valence-corrected chi connectivity index (χ0v) is 11.6. The number of hydrogen-bond acceptors (Lipinski definition) is 2. The van der Waals surface area contributed by atoms with Crippen LogP contribution in [-0.2, 0) is 9.59 Å². The molecule has 2 unspecified atom stereocenters. The van der Waals surface area contributed by atoms with E-state index in [1.807, 2.05) is 12.2 Å². The van der Waals surface area contributed by atoms with Crippen molar-refractivity contribution >= 4 is 23.5 Å². The van der Waals surface area contributed by atoms with E-state index in [4.69, 9.17) is 11.6 Å². The van der Waals surface area contributed by atoms with Crippen molar-refractivity contribution in [1.29, 1.82) is 0 Å². The Morgan fingerprint density at radius 2 is 2.05 bits per heavy atom. The van der Waals surface area contributed by atoms with E-state index in [1.165, 1.54) is 0 Å². The molecule has 0 saturated carbocycles. The van der Waals surface area contributed by atoms with Gasteiger partial charge in [-0.15, -0.1) is 0 Å². The summed E-state index contributed by atoms with van der Waals surface area (Å²) in [6.07, 6.45) is 6.32. The number of allylic oxidation sites excluding steroid dienone is 2. The molecule has 0 saturated heterocycles. The first kappa shape index (κ1) is 14.6. The van der Waals surface area contributed by atoms with Crippen LogP contribution in [0.4, 0.5) is 0 Å². The molecule has 0 spiro atoms. The van der Waals surface area contributed by atoms with Gasteiger partial charge in [-0.3, -0.25) is 4.79 Å². The minimum Gasteiger partial charge on any atom is -0.479 e. The van der Waals surface area contributed by atoms with Crippen LogP contribution in [0.25, 0.3) is 0 Å². The van der Waals surface area contributed by atoms with Gasteiger partial charge in [0, 0.05) is 11.4 Å². The summed E-state index contributed by atoms with van der Waals surface area (Å²) in [7, 11) is 0. The minimum atomic E-state index is -1.08. The molecule has 2 N–H and O–H groups in total. The summed E-state index contributed by atoms with van der Waals surface area (Å²) in [6, 6.07) is 5.40. The van der Waals surface area contributed by atoms with Crippen molar-refractivity contribution in [3.05, 3.63) is 47.0 Å². The first-order valence-corrected chi connectivity index (χ1v) is 6.88. The predicted molar refractivity (Wildman–Crippen MR) is 76.5 cm³/mol. The van der Waals surface area contributed by atoms with Crippen LogP contribution < -0.4 is 5.32 Å². The molecule has 0 radical (unpaired) electrons. The van der Waals surface area contributed by atoms with Crippen molar-refractivity contribution in [3.8, 4) is 0 Å². The van der Waals surface area contributed by atoms with Crippen LogP contribution >= 0.6 is 11.6 Å². The van der Waals surface area contributed by atoms with Gasteiger partial charge in [-0.1, -0.05) is 35.9 Å². The molecule has 20 heavy (non-hydrogen) atoms. The van der Waals surface area contributed by atoms with Gasteiger partial charge in [0.15, 0.2) is 6.04 Å². The summed E-state index contributed by atoms with van der Waals surface area (Å²) < 4.78 is 0. The molecule has 1 aromatic carbocycles. The van der Waals surface area contributed by atoms with E-state index >= 15 is 0 Å². The molecule has 2 atom stereocenters. The van der Waals surface area contributed by atoms with Crippen LogP contribution in [0.3, 0.4) is 0 Å². The highest BCUT2D eigenvalue weighted by molar-refractivity contribution is 6.30. The Morgan fingerprint density at radius 1 is 1.35 bits per heavy atom. The molecule has 1 aliphatic carbocycles. The molecular weight excluding hydrogens is 278 g/mol. The molecule has 0 aliphatic heterocycles. The lowest BCUT2D eigenvalue weighted by Gasteiger charge is -2.16. The van der Waals surface area contributed by atoms with Gasteiger partial charge in [-0.05, 0) is 36.5 Å². The van der Waals surface area contributed by atoms with Crippen LogP contribution in [0.1, 0.15) is 30.9 Å². The molecule has 0 aromatic heterocycles. The molecule has 1 amide bonds. The smallest absolute Gasteiger partial charge is 0.330 e. The fourth-order valence-electron chi connectivity index (χ4n) is 2.27. The number of nitrogens with one attached hydrogen (secondary N) is 1. The maximum atomic E-state index is 11.9. The van der Waals surface area contributed by atoms with Crippen LogP contribution in [-0.4, -0.2) is 17.0 Å². The molecule has 5 heteroatoms. The molecule has 1 aromatic rings. The van der Waals surface area contributed by atoms with E-state index in [9.17, 15) is 14.7 Å². The lowest BCUT2D eigenvalue weighted by Crippen LogP contribution is -2.34. The molecule has 0 heterocycles. The van der Waals surface area contributed by atoms with E-state index < -0.39 is 12.0 Å². The third-order valence-electron chi connectivity index (χ3n) is 3.32. The zero-order chi connectivity index (χ0) is 14.5. The van der Waals surface area contributed by atoms with E-state index in [0.717, 1.165) is 12.8 Å². The van der Waals surface area contributed by atoms with Crippen molar-refractivity contribution in [1.82, 2.24) is 5.32 Å². The van der Waals surface area contributed by atoms with Gasteiger partial charge in [0.1, 0.15) is 0 Å². The number of benzene rings is 1. The first-order chi connectivity index (χ1) is 9.56. The fourth-order valence-corrected chi connectivity index (χ4v) is 2.39. The number of carbonyl (C=O) groups is 2. The number of aliphatic carboxylic acids is 1. The standard InChI is InChI=1S/C15H16ClNO3/c16-12-7-5-11(6-8-12)14(15(19)20)17-13(18)9-10-3-1-2-4-10/h1,3,5-8,10,14H,2,4,9H2,(H,17,18)(H,19,20). The number of carboxylic acids is 1. The maximum Gasteiger partial charge on any atom is 0.330 e. The zero-order valence-electron chi connectivity index (χ0n) is 10.9. The summed E-state index contributed by atoms with van der Waals surface area (Å²) in [5.41, 5.74) is 0.511. The van der Waals surface area contributed by atoms with E-state index in [1.54, 1.807) is 24.3 Å². The highest BCUT2D eigenvalue weighted by Crippen LogP contribution is 2.21. The fraction of sp³-hybridized carbons (Fsp3) is 0.333. The maximum absolute atomic E-state index is 11.9. The quantitative estimate of drug-likeness (QED) is 0.820. The second kappa shape index (κ2) is 6.57. The van der Waals surface area contributed by atoms with E-state index in [0.29, 0.717) is 17.0 Å². The minimum absolute atomic E-state index is 0.217. The van der Waals surface area contributed by atoms with E-state index in [2.05, 4.69) is 5.32 Å². The largest absolute Gasteiger partial charge is 0.479 e. The van der Waals surface area contributed by atoms with Crippen LogP contribution in [0, 0.1) is 5.92 Å². The van der Waals surface area contributed by atoms with Crippen molar-refractivity contribution in [2.75, 3.05) is 0 Å². The Bertz CT molecular complexity index is 524. The van der Waals surface area contributed by atoms with Crippen molar-refractivity contribution in [2.24, 2.45) is 5.92 Å². The van der Waals surface area contributed by atoms with Gasteiger partial charge in [0.2, 0.25) is 5.91 Å². The molecular formula is C15H16ClNO3. The molecule has 106 valence electrons. The highest BCUT2D eigenvalue weighted by Gasteiger charge is 2.23. The Hall–Kier alpha value is -1.81. The molecule has 2 rings (SSSR count). The highest BCUT2D eigenvalue weighted by atomic mass is 35.5. The van der Waals surface area contributed by atoms with Gasteiger partial charge in [0.25, 0.3) is 0 Å². The van der Waals surface area contributed by atoms with Gasteiger partial charge < -0.3 is 10.4 Å². The summed E-state index contributed by atoms with van der Waals surface area (Å²) in [4.78, 5) is 23.2. The van der Waals surface area contributed by atoms with Crippen molar-refractivity contribution < 1.29 is 14.7 Å². The Labute approximate surface area is 122 Å². The van der Waals surface area contributed by atoms with Crippen LogP contribution in [0.15, 0.2) is 36.4 Å². The first-order valence-electron chi connectivity index (χ1n) is 6.50. The lowest BCUT2D eigenvalue weighted by atomic mass is 10.0. The second-order valence-electron chi connectivity index (χ2n) is 4.86. The average molecular weight is 294 g/mol. The summed E-state index contributed by atoms with van der Waals surface area (Å²) in [6.45, 7) is 0. The third kappa shape index (κ3) is 3.84. The predicted octanol–water partition coefficient (Wildman–Crippen LogP) is 2.94. The molecule has 0 bridgehead atoms. The van der Waals surface area contributed by atoms with Crippen LogP contribution in [0.2, 0.25) is 5.02 Å². The number of halogens is 1. The molecule has 1 aliphatic rings. The van der Waals surface area contributed by atoms with Gasteiger partial charge >= 0.3 is 5.97 Å². The Kier molecular flexibility index (Phi) is 4.79. The summed E-state index contributed by atoms with van der Waals surface area (Å²) in [5.74, 6) is -1.11. The number of rotatable bonds is 5. The van der Waals surface area contributed by atoms with Crippen molar-refractivity contribution in [3.63, 3.8) is 0 Å².